The quantitative estimate of drug-likeness (QED) is 0.762. The van der Waals surface area contributed by atoms with Crippen LogP contribution in [0.4, 0.5) is 0 Å². The Bertz CT molecular complexity index is 793. The van der Waals surface area contributed by atoms with E-state index in [9.17, 15) is 8.42 Å². The number of thioether (sulfide) groups is 1. The highest BCUT2D eigenvalue weighted by atomic mass is 79.9. The molecule has 1 heterocycles. The Kier molecular flexibility index (Phi) is 5.01. The molecule has 1 saturated heterocycles. The maximum atomic E-state index is 13.0. The number of nitrogens with zero attached hydrogens (tertiary/aromatic N) is 1. The Morgan fingerprint density at radius 2 is 1.87 bits per heavy atom. The van der Waals surface area contributed by atoms with Gasteiger partial charge in [-0.05, 0) is 30.3 Å². The fourth-order valence-corrected chi connectivity index (χ4v) is 6.08. The van der Waals surface area contributed by atoms with Gasteiger partial charge in [0.25, 0.3) is 0 Å². The molecule has 1 unspecified atom stereocenters. The van der Waals surface area contributed by atoms with Gasteiger partial charge in [0, 0.05) is 22.3 Å². The predicted molar refractivity (Wildman–Crippen MR) is 96.2 cm³/mol. The molecule has 7 heteroatoms. The smallest absolute Gasteiger partial charge is 0.244 e. The fourth-order valence-electron chi connectivity index (χ4n) is 2.56. The molecular weight excluding hydrogens is 398 g/mol. The highest BCUT2D eigenvalue weighted by molar-refractivity contribution is 9.10. The third-order valence-electron chi connectivity index (χ3n) is 3.67. The first-order chi connectivity index (χ1) is 11.0. The second-order valence-electron chi connectivity index (χ2n) is 5.03. The Morgan fingerprint density at radius 3 is 2.57 bits per heavy atom. The van der Waals surface area contributed by atoms with Crippen molar-refractivity contribution < 1.29 is 13.2 Å². The number of rotatable bonds is 4. The summed E-state index contributed by atoms with van der Waals surface area (Å²) in [6, 6.07) is 14.3. The summed E-state index contributed by atoms with van der Waals surface area (Å²) in [5, 5.41) is -0.264. The van der Waals surface area contributed by atoms with Crippen molar-refractivity contribution >= 4 is 37.7 Å². The number of ether oxygens (including phenoxy) is 1. The minimum Gasteiger partial charge on any atom is -0.496 e. The molecule has 1 fully saturated rings. The summed E-state index contributed by atoms with van der Waals surface area (Å²) < 4.78 is 33.8. The van der Waals surface area contributed by atoms with Crippen molar-refractivity contribution in [3.05, 3.63) is 58.6 Å². The fraction of sp³-hybridized carbons (Fsp3) is 0.250. The molecule has 3 rings (SSSR count). The highest BCUT2D eigenvalue weighted by Crippen LogP contribution is 2.44. The Hall–Kier alpha value is -1.02. The number of hydrogen-bond acceptors (Lipinski definition) is 4. The summed E-state index contributed by atoms with van der Waals surface area (Å²) in [6.07, 6.45) is 0. The summed E-state index contributed by atoms with van der Waals surface area (Å²) >= 11 is 4.95. The summed E-state index contributed by atoms with van der Waals surface area (Å²) in [4.78, 5) is 0.308. The van der Waals surface area contributed by atoms with E-state index in [1.807, 2.05) is 24.3 Å². The Balaban J connectivity index is 1.99. The predicted octanol–water partition coefficient (Wildman–Crippen LogP) is 3.89. The van der Waals surface area contributed by atoms with Gasteiger partial charge in [0.1, 0.15) is 5.75 Å². The summed E-state index contributed by atoms with van der Waals surface area (Å²) in [7, 11) is -1.94. The molecule has 0 spiro atoms. The topological polar surface area (TPSA) is 46.6 Å². The van der Waals surface area contributed by atoms with E-state index in [2.05, 4.69) is 15.9 Å². The van der Waals surface area contributed by atoms with E-state index in [-0.39, 0.29) is 5.37 Å². The average Bonchev–Trinajstić information content (AvgIpc) is 3.05. The normalized spacial score (nSPS) is 19.0. The second-order valence-corrected chi connectivity index (χ2v) is 9.03. The van der Waals surface area contributed by atoms with Crippen LogP contribution in [0.2, 0.25) is 0 Å². The van der Waals surface area contributed by atoms with Crippen molar-refractivity contribution in [2.45, 2.75) is 10.3 Å². The van der Waals surface area contributed by atoms with Gasteiger partial charge >= 0.3 is 0 Å². The van der Waals surface area contributed by atoms with Gasteiger partial charge < -0.3 is 4.74 Å². The van der Waals surface area contributed by atoms with Gasteiger partial charge in [-0.3, -0.25) is 0 Å². The van der Waals surface area contributed by atoms with E-state index in [1.54, 1.807) is 47.4 Å². The van der Waals surface area contributed by atoms with Crippen LogP contribution in [0.1, 0.15) is 10.9 Å². The molecule has 0 amide bonds. The average molecular weight is 414 g/mol. The van der Waals surface area contributed by atoms with Crippen molar-refractivity contribution in [3.8, 4) is 5.75 Å². The number of sulfonamides is 1. The molecule has 1 atom stereocenters. The largest absolute Gasteiger partial charge is 0.496 e. The SMILES string of the molecule is COc1ccccc1C1SCCN1S(=O)(=O)c1ccc(Br)cc1. The molecule has 0 N–H and O–H groups in total. The molecular formula is C16H16BrNO3S2. The van der Waals surface area contributed by atoms with Crippen molar-refractivity contribution in [2.75, 3.05) is 19.4 Å². The summed E-state index contributed by atoms with van der Waals surface area (Å²) in [6.45, 7) is 0.492. The molecule has 0 saturated carbocycles. The lowest BCUT2D eigenvalue weighted by molar-refractivity contribution is 0.390. The third-order valence-corrected chi connectivity index (χ3v) is 7.46. The first-order valence-electron chi connectivity index (χ1n) is 7.06. The third kappa shape index (κ3) is 3.28. The standard InChI is InChI=1S/C16H16BrNO3S2/c1-21-15-5-3-2-4-14(15)16-18(10-11-22-16)23(19,20)13-8-6-12(17)7-9-13/h2-9,16H,10-11H2,1H3. The van der Waals surface area contributed by atoms with Gasteiger partial charge in [-0.15, -0.1) is 11.8 Å². The second kappa shape index (κ2) is 6.84. The van der Waals surface area contributed by atoms with E-state index in [1.165, 1.54) is 0 Å². The molecule has 23 heavy (non-hydrogen) atoms. The van der Waals surface area contributed by atoms with Crippen molar-refractivity contribution in [2.24, 2.45) is 0 Å². The van der Waals surface area contributed by atoms with Crippen LogP contribution in [0.15, 0.2) is 57.9 Å². The van der Waals surface area contributed by atoms with Crippen LogP contribution < -0.4 is 4.74 Å². The lowest BCUT2D eigenvalue weighted by Crippen LogP contribution is -2.30. The minimum atomic E-state index is -3.54. The molecule has 0 aromatic heterocycles. The van der Waals surface area contributed by atoms with Crippen molar-refractivity contribution in [1.82, 2.24) is 4.31 Å². The van der Waals surface area contributed by atoms with Gasteiger partial charge in [0.15, 0.2) is 0 Å². The van der Waals surface area contributed by atoms with E-state index >= 15 is 0 Å². The number of benzene rings is 2. The summed E-state index contributed by atoms with van der Waals surface area (Å²) in [5.41, 5.74) is 0.887. The number of hydrogen-bond donors (Lipinski definition) is 0. The lowest BCUT2D eigenvalue weighted by atomic mass is 10.2. The first-order valence-corrected chi connectivity index (χ1v) is 10.3. The van der Waals surface area contributed by atoms with Gasteiger partial charge in [0.2, 0.25) is 10.0 Å². The van der Waals surface area contributed by atoms with Crippen molar-refractivity contribution in [3.63, 3.8) is 0 Å². The maximum absolute atomic E-state index is 13.0. The van der Waals surface area contributed by atoms with Gasteiger partial charge in [-0.2, -0.15) is 4.31 Å². The first kappa shape index (κ1) is 16.8. The Labute approximate surface area is 149 Å². The van der Waals surface area contributed by atoms with Crippen LogP contribution in [0.5, 0.6) is 5.75 Å². The molecule has 0 aliphatic carbocycles. The van der Waals surface area contributed by atoms with Crippen LogP contribution in [-0.2, 0) is 10.0 Å². The van der Waals surface area contributed by atoms with Crippen molar-refractivity contribution in [1.29, 1.82) is 0 Å². The zero-order valence-electron chi connectivity index (χ0n) is 12.5. The monoisotopic (exact) mass is 413 g/mol. The Morgan fingerprint density at radius 1 is 1.17 bits per heavy atom. The van der Waals surface area contributed by atoms with E-state index in [0.29, 0.717) is 17.2 Å². The van der Waals surface area contributed by atoms with Crippen LogP contribution in [-0.4, -0.2) is 32.1 Å². The molecule has 1 aliphatic rings. The van der Waals surface area contributed by atoms with Gasteiger partial charge in [-0.25, -0.2) is 8.42 Å². The zero-order valence-corrected chi connectivity index (χ0v) is 15.7. The highest BCUT2D eigenvalue weighted by Gasteiger charge is 2.38. The van der Waals surface area contributed by atoms with E-state index in [0.717, 1.165) is 15.8 Å². The molecule has 1 aliphatic heterocycles. The number of para-hydroxylation sites is 1. The molecule has 0 bridgehead atoms. The molecule has 122 valence electrons. The van der Waals surface area contributed by atoms with Crippen LogP contribution in [0.3, 0.4) is 0 Å². The molecule has 4 nitrogen and oxygen atoms in total. The summed E-state index contributed by atoms with van der Waals surface area (Å²) in [5.74, 6) is 1.47. The van der Waals surface area contributed by atoms with Crippen LogP contribution in [0, 0.1) is 0 Å². The molecule has 2 aromatic rings. The maximum Gasteiger partial charge on any atom is 0.244 e. The molecule has 0 radical (unpaired) electrons. The number of halogens is 1. The minimum absolute atomic E-state index is 0.264. The van der Waals surface area contributed by atoms with E-state index in [4.69, 9.17) is 4.74 Å². The number of methoxy groups -OCH3 is 1. The van der Waals surface area contributed by atoms with Crippen LogP contribution in [0.25, 0.3) is 0 Å². The van der Waals surface area contributed by atoms with Gasteiger partial charge in [-0.1, -0.05) is 34.1 Å². The zero-order chi connectivity index (χ0) is 16.4. The van der Waals surface area contributed by atoms with Gasteiger partial charge in [0.05, 0.1) is 17.4 Å². The van der Waals surface area contributed by atoms with E-state index < -0.39 is 10.0 Å². The van der Waals surface area contributed by atoms with Crippen LogP contribution >= 0.6 is 27.7 Å². The lowest BCUT2D eigenvalue weighted by Gasteiger charge is -2.24. The molecule has 2 aromatic carbocycles.